The topological polar surface area (TPSA) is 107 Å². The molecular weight excluding hydrogens is 328 g/mol. The largest absolute Gasteiger partial charge is 0.472 e. The summed E-state index contributed by atoms with van der Waals surface area (Å²) in [6.07, 6.45) is 0. The first-order chi connectivity index (χ1) is 12.0. The molecule has 0 aliphatic carbocycles. The summed E-state index contributed by atoms with van der Waals surface area (Å²) in [7, 11) is 2.98. The third kappa shape index (κ3) is 5.27. The fraction of sp³-hybridized carbons (Fsp3) is 0.188. The minimum absolute atomic E-state index is 0.00389. The number of carbonyl (C=O) groups excluding carboxylic acids is 1. The second-order valence-electron chi connectivity index (χ2n) is 4.91. The smallest absolute Gasteiger partial charge is 0.337 e. The maximum Gasteiger partial charge on any atom is 0.337 e. The summed E-state index contributed by atoms with van der Waals surface area (Å²) < 4.78 is 10.1. The summed E-state index contributed by atoms with van der Waals surface area (Å²) >= 11 is 0. The van der Waals surface area contributed by atoms with Crippen molar-refractivity contribution in [1.29, 1.82) is 0 Å². The standard InChI is InChI=1S/C16H16N4O5/c1-19(11-25-15-9-7-14(8-10-15)20(22)23)18-17-13-5-3-12(4-6-13)16(21)24-2/h3-10H,11H2,1-2H3. The molecule has 9 heteroatoms. The molecule has 0 atom stereocenters. The van der Waals surface area contributed by atoms with Crippen molar-refractivity contribution >= 4 is 17.3 Å². The van der Waals surface area contributed by atoms with E-state index in [2.05, 4.69) is 15.1 Å². The summed E-state index contributed by atoms with van der Waals surface area (Å²) in [5.74, 6) is 0.0622. The lowest BCUT2D eigenvalue weighted by Gasteiger charge is -2.12. The van der Waals surface area contributed by atoms with Gasteiger partial charge >= 0.3 is 5.97 Å². The number of rotatable bonds is 7. The van der Waals surface area contributed by atoms with Crippen LogP contribution in [0.25, 0.3) is 0 Å². The summed E-state index contributed by atoms with van der Waals surface area (Å²) in [6, 6.07) is 12.2. The maximum absolute atomic E-state index is 11.3. The minimum Gasteiger partial charge on any atom is -0.472 e. The highest BCUT2D eigenvalue weighted by atomic mass is 16.6. The van der Waals surface area contributed by atoms with Crippen LogP contribution in [0, 0.1) is 10.1 Å². The van der Waals surface area contributed by atoms with Gasteiger partial charge in [-0.1, -0.05) is 5.22 Å². The van der Waals surface area contributed by atoms with Gasteiger partial charge in [0.25, 0.3) is 5.69 Å². The van der Waals surface area contributed by atoms with Crippen molar-refractivity contribution in [1.82, 2.24) is 5.01 Å². The molecule has 0 amide bonds. The maximum atomic E-state index is 11.3. The molecule has 0 heterocycles. The number of nitro groups is 1. The molecule has 0 saturated heterocycles. The number of non-ortho nitro benzene ring substituents is 1. The van der Waals surface area contributed by atoms with E-state index in [0.717, 1.165) is 0 Å². The van der Waals surface area contributed by atoms with Gasteiger partial charge in [0.15, 0.2) is 6.73 Å². The van der Waals surface area contributed by atoms with Gasteiger partial charge in [-0.05, 0) is 36.4 Å². The Labute approximate surface area is 143 Å². The van der Waals surface area contributed by atoms with E-state index < -0.39 is 10.9 Å². The average Bonchev–Trinajstić information content (AvgIpc) is 2.64. The normalized spacial score (nSPS) is 10.5. The van der Waals surface area contributed by atoms with E-state index in [1.54, 1.807) is 31.3 Å². The third-order valence-electron chi connectivity index (χ3n) is 3.07. The van der Waals surface area contributed by atoms with Crippen molar-refractivity contribution in [3.05, 3.63) is 64.2 Å². The number of esters is 1. The number of ether oxygens (including phenoxy) is 2. The number of nitro benzene ring substituents is 1. The van der Waals surface area contributed by atoms with Gasteiger partial charge in [0.1, 0.15) is 5.75 Å². The lowest BCUT2D eigenvalue weighted by Crippen LogP contribution is -2.17. The lowest BCUT2D eigenvalue weighted by atomic mass is 10.2. The molecule has 2 aromatic carbocycles. The highest BCUT2D eigenvalue weighted by Gasteiger charge is 2.05. The molecule has 0 fully saturated rings. The monoisotopic (exact) mass is 344 g/mol. The molecule has 0 saturated carbocycles. The number of carbonyl (C=O) groups is 1. The first kappa shape index (κ1) is 17.9. The zero-order valence-corrected chi connectivity index (χ0v) is 13.7. The first-order valence-electron chi connectivity index (χ1n) is 7.18. The van der Waals surface area contributed by atoms with Gasteiger partial charge in [0.2, 0.25) is 0 Å². The lowest BCUT2D eigenvalue weighted by molar-refractivity contribution is -0.384. The van der Waals surface area contributed by atoms with Crippen molar-refractivity contribution in [2.24, 2.45) is 10.3 Å². The van der Waals surface area contributed by atoms with Gasteiger partial charge in [-0.2, -0.15) is 0 Å². The van der Waals surface area contributed by atoms with Crippen LogP contribution in [0.15, 0.2) is 58.9 Å². The minimum atomic E-state index is -0.477. The zero-order chi connectivity index (χ0) is 18.2. The van der Waals surface area contributed by atoms with Crippen LogP contribution in [0.2, 0.25) is 0 Å². The van der Waals surface area contributed by atoms with Crippen LogP contribution in [-0.2, 0) is 4.74 Å². The fourth-order valence-corrected chi connectivity index (χ4v) is 1.77. The van der Waals surface area contributed by atoms with Crippen molar-refractivity contribution in [2.45, 2.75) is 0 Å². The third-order valence-corrected chi connectivity index (χ3v) is 3.07. The number of benzene rings is 2. The predicted octanol–water partition coefficient (Wildman–Crippen LogP) is 3.35. The number of nitrogens with zero attached hydrogens (tertiary/aromatic N) is 4. The zero-order valence-electron chi connectivity index (χ0n) is 13.7. The Morgan fingerprint density at radius 2 is 1.80 bits per heavy atom. The molecule has 0 N–H and O–H groups in total. The molecule has 0 unspecified atom stereocenters. The second kappa shape index (κ2) is 8.39. The number of hydrogen-bond donors (Lipinski definition) is 0. The molecule has 2 rings (SSSR count). The Balaban J connectivity index is 1.86. The number of hydrogen-bond acceptors (Lipinski definition) is 7. The Morgan fingerprint density at radius 1 is 1.16 bits per heavy atom. The van der Waals surface area contributed by atoms with E-state index in [-0.39, 0.29) is 12.4 Å². The second-order valence-corrected chi connectivity index (χ2v) is 4.91. The van der Waals surface area contributed by atoms with Crippen LogP contribution in [0.1, 0.15) is 10.4 Å². The molecule has 2 aromatic rings. The molecule has 0 aliphatic heterocycles. The molecule has 0 bridgehead atoms. The van der Waals surface area contributed by atoms with Crippen LogP contribution in [0.4, 0.5) is 11.4 Å². The molecule has 0 spiro atoms. The van der Waals surface area contributed by atoms with Crippen molar-refractivity contribution in [3.63, 3.8) is 0 Å². The summed E-state index contributed by atoms with van der Waals surface area (Å²) in [5.41, 5.74) is 0.988. The van der Waals surface area contributed by atoms with Crippen molar-refractivity contribution < 1.29 is 19.2 Å². The molecule has 130 valence electrons. The van der Waals surface area contributed by atoms with Gasteiger partial charge in [0.05, 0.1) is 23.3 Å². The van der Waals surface area contributed by atoms with Gasteiger partial charge in [-0.25, -0.2) is 9.80 Å². The quantitative estimate of drug-likeness (QED) is 0.251. The molecule has 0 radical (unpaired) electrons. The highest BCUT2D eigenvalue weighted by Crippen LogP contribution is 2.18. The van der Waals surface area contributed by atoms with E-state index in [1.165, 1.54) is 36.4 Å². The molecule has 0 aromatic heterocycles. The first-order valence-corrected chi connectivity index (χ1v) is 7.18. The molecule has 9 nitrogen and oxygen atoms in total. The Hall–Kier alpha value is -3.49. The van der Waals surface area contributed by atoms with Crippen LogP contribution in [0.3, 0.4) is 0 Å². The van der Waals surface area contributed by atoms with Gasteiger partial charge in [-0.15, -0.1) is 5.11 Å². The Bertz CT molecular complexity index is 759. The van der Waals surface area contributed by atoms with Crippen LogP contribution < -0.4 is 4.74 Å². The van der Waals surface area contributed by atoms with E-state index in [0.29, 0.717) is 17.0 Å². The number of methoxy groups -OCH3 is 1. The Kier molecular flexibility index (Phi) is 5.99. The van der Waals surface area contributed by atoms with E-state index in [9.17, 15) is 14.9 Å². The fourth-order valence-electron chi connectivity index (χ4n) is 1.77. The van der Waals surface area contributed by atoms with Crippen LogP contribution in [0.5, 0.6) is 5.75 Å². The van der Waals surface area contributed by atoms with E-state index >= 15 is 0 Å². The summed E-state index contributed by atoms with van der Waals surface area (Å²) in [5, 5.41) is 20.0. The Morgan fingerprint density at radius 3 is 2.36 bits per heavy atom. The van der Waals surface area contributed by atoms with E-state index in [4.69, 9.17) is 4.74 Å². The summed E-state index contributed by atoms with van der Waals surface area (Å²) in [6.45, 7) is 0.113. The van der Waals surface area contributed by atoms with Crippen molar-refractivity contribution in [2.75, 3.05) is 20.9 Å². The van der Waals surface area contributed by atoms with Gasteiger partial charge in [0, 0.05) is 19.2 Å². The molecular formula is C16H16N4O5. The van der Waals surface area contributed by atoms with Gasteiger partial charge < -0.3 is 9.47 Å². The van der Waals surface area contributed by atoms with Crippen molar-refractivity contribution in [3.8, 4) is 5.75 Å². The summed E-state index contributed by atoms with van der Waals surface area (Å²) in [4.78, 5) is 21.4. The van der Waals surface area contributed by atoms with E-state index in [1.807, 2.05) is 0 Å². The SMILES string of the molecule is COC(=O)c1ccc(N=NN(C)COc2ccc([N+](=O)[O-])cc2)cc1. The van der Waals surface area contributed by atoms with Gasteiger partial charge in [-0.3, -0.25) is 10.1 Å². The molecule has 25 heavy (non-hydrogen) atoms. The van der Waals surface area contributed by atoms with Crippen LogP contribution >= 0.6 is 0 Å². The highest BCUT2D eigenvalue weighted by molar-refractivity contribution is 5.89. The van der Waals surface area contributed by atoms with Crippen LogP contribution in [-0.4, -0.2) is 36.8 Å². The average molecular weight is 344 g/mol. The molecule has 0 aliphatic rings. The predicted molar refractivity (Wildman–Crippen MR) is 88.7 cm³/mol.